The van der Waals surface area contributed by atoms with E-state index < -0.39 is 0 Å². The van der Waals surface area contributed by atoms with Crippen molar-refractivity contribution in [3.8, 4) is 0 Å². The van der Waals surface area contributed by atoms with E-state index in [1.807, 2.05) is 0 Å². The van der Waals surface area contributed by atoms with Crippen molar-refractivity contribution in [2.24, 2.45) is 5.41 Å². The maximum absolute atomic E-state index is 3.77. The molecule has 1 aliphatic heterocycles. The molecule has 1 saturated carbocycles. The lowest BCUT2D eigenvalue weighted by Gasteiger charge is -2.44. The monoisotopic (exact) mass is 312 g/mol. The molecule has 1 N–H and O–H groups in total. The molecule has 1 saturated heterocycles. The third kappa shape index (κ3) is 5.14. The van der Waals surface area contributed by atoms with E-state index in [-0.39, 0.29) is 0 Å². The molecule has 124 valence electrons. The third-order valence-corrected chi connectivity index (χ3v) is 6.94. The summed E-state index contributed by atoms with van der Waals surface area (Å²) in [4.78, 5) is 2.80. The smallest absolute Gasteiger partial charge is 0.0184 e. The van der Waals surface area contributed by atoms with Gasteiger partial charge in [-0.2, -0.15) is 11.8 Å². The van der Waals surface area contributed by atoms with Crippen molar-refractivity contribution in [1.29, 1.82) is 0 Å². The number of thioether (sulfide) groups is 1. The van der Waals surface area contributed by atoms with E-state index in [0.717, 1.165) is 11.3 Å². The first kappa shape index (κ1) is 17.6. The maximum Gasteiger partial charge on any atom is 0.0184 e. The summed E-state index contributed by atoms with van der Waals surface area (Å²) in [6.07, 6.45) is 8.63. The summed E-state index contributed by atoms with van der Waals surface area (Å²) >= 11 is 2.16. The Morgan fingerprint density at radius 3 is 2.43 bits per heavy atom. The van der Waals surface area contributed by atoms with Crippen molar-refractivity contribution < 1.29 is 0 Å². The molecule has 0 amide bonds. The van der Waals surface area contributed by atoms with Gasteiger partial charge in [0.05, 0.1) is 0 Å². The van der Waals surface area contributed by atoms with Gasteiger partial charge in [-0.1, -0.05) is 46.5 Å². The van der Waals surface area contributed by atoms with Crippen molar-refractivity contribution in [1.82, 2.24) is 10.2 Å². The van der Waals surface area contributed by atoms with Crippen LogP contribution in [0, 0.1) is 5.41 Å². The summed E-state index contributed by atoms with van der Waals surface area (Å²) in [5.74, 6) is 1.32. The van der Waals surface area contributed by atoms with Crippen LogP contribution < -0.4 is 5.32 Å². The molecule has 0 aromatic carbocycles. The Balaban J connectivity index is 2.03. The highest BCUT2D eigenvalue weighted by Gasteiger charge is 2.36. The van der Waals surface area contributed by atoms with Crippen LogP contribution in [0.3, 0.4) is 0 Å². The number of nitrogens with zero attached hydrogens (tertiary/aromatic N) is 1. The van der Waals surface area contributed by atoms with Crippen LogP contribution >= 0.6 is 11.8 Å². The van der Waals surface area contributed by atoms with Crippen LogP contribution in [0.2, 0.25) is 0 Å². The highest BCUT2D eigenvalue weighted by molar-refractivity contribution is 8.00. The molecule has 0 bridgehead atoms. The molecular weight excluding hydrogens is 276 g/mol. The minimum atomic E-state index is 0.525. The van der Waals surface area contributed by atoms with E-state index in [2.05, 4.69) is 49.7 Å². The molecule has 2 nitrogen and oxygen atoms in total. The molecule has 1 heterocycles. The molecule has 0 aromatic heterocycles. The van der Waals surface area contributed by atoms with E-state index >= 15 is 0 Å². The summed E-state index contributed by atoms with van der Waals surface area (Å²) in [7, 11) is 0. The van der Waals surface area contributed by atoms with E-state index in [4.69, 9.17) is 0 Å². The molecular formula is C18H36N2S. The lowest BCUT2D eigenvalue weighted by atomic mass is 9.79. The Bertz CT molecular complexity index is 298. The molecule has 1 aliphatic carbocycles. The first-order valence-corrected chi connectivity index (χ1v) is 10.2. The number of rotatable bonds is 5. The predicted molar refractivity (Wildman–Crippen MR) is 96.2 cm³/mol. The molecule has 0 spiro atoms. The fraction of sp³-hybridized carbons (Fsp3) is 1.00. The summed E-state index contributed by atoms with van der Waals surface area (Å²) in [6, 6.07) is 1.35. The van der Waals surface area contributed by atoms with Gasteiger partial charge in [0.15, 0.2) is 0 Å². The topological polar surface area (TPSA) is 15.3 Å². The van der Waals surface area contributed by atoms with E-state index in [9.17, 15) is 0 Å². The van der Waals surface area contributed by atoms with Gasteiger partial charge in [0, 0.05) is 42.7 Å². The van der Waals surface area contributed by atoms with Crippen molar-refractivity contribution in [2.45, 2.75) is 83.6 Å². The molecule has 2 rings (SSSR count). The Morgan fingerprint density at radius 2 is 1.81 bits per heavy atom. The Morgan fingerprint density at radius 1 is 1.14 bits per heavy atom. The zero-order chi connectivity index (χ0) is 15.3. The standard InChI is InChI=1S/C18H36N2S/c1-15(2)19-13-18(9-7-5-6-8-10-18)14-20-11-12-21-17(4)16(20)3/h15-17,19H,5-14H2,1-4H3. The zero-order valence-corrected chi connectivity index (χ0v) is 15.5. The third-order valence-electron chi connectivity index (χ3n) is 5.60. The number of hydrogen-bond acceptors (Lipinski definition) is 3. The first-order chi connectivity index (χ1) is 10.0. The summed E-state index contributed by atoms with van der Waals surface area (Å²) < 4.78 is 0. The lowest BCUT2D eigenvalue weighted by molar-refractivity contribution is 0.0982. The van der Waals surface area contributed by atoms with Crippen LogP contribution in [-0.4, -0.2) is 47.6 Å². The van der Waals surface area contributed by atoms with Crippen molar-refractivity contribution >= 4 is 11.8 Å². The van der Waals surface area contributed by atoms with Gasteiger partial charge in [0.25, 0.3) is 0 Å². The second-order valence-electron chi connectivity index (χ2n) is 7.74. The van der Waals surface area contributed by atoms with Crippen LogP contribution in [-0.2, 0) is 0 Å². The fourth-order valence-corrected chi connectivity index (χ4v) is 5.10. The van der Waals surface area contributed by atoms with Crippen molar-refractivity contribution in [2.75, 3.05) is 25.4 Å². The minimum absolute atomic E-state index is 0.525. The maximum atomic E-state index is 3.77. The Kier molecular flexibility index (Phi) is 6.89. The van der Waals surface area contributed by atoms with E-state index in [0.29, 0.717) is 11.5 Å². The molecule has 2 aliphatic rings. The largest absolute Gasteiger partial charge is 0.314 e. The minimum Gasteiger partial charge on any atom is -0.314 e. The van der Waals surface area contributed by atoms with Gasteiger partial charge in [-0.3, -0.25) is 4.90 Å². The average molecular weight is 313 g/mol. The SMILES string of the molecule is CC(C)NCC1(CN2CCSC(C)C2C)CCCCCC1. The molecule has 2 atom stereocenters. The van der Waals surface area contributed by atoms with Gasteiger partial charge in [-0.15, -0.1) is 0 Å². The molecule has 0 radical (unpaired) electrons. The Labute approximate surface area is 136 Å². The highest BCUT2D eigenvalue weighted by Crippen LogP contribution is 2.37. The van der Waals surface area contributed by atoms with Gasteiger partial charge < -0.3 is 5.32 Å². The lowest BCUT2D eigenvalue weighted by Crippen LogP contribution is -2.52. The van der Waals surface area contributed by atoms with Crippen LogP contribution in [0.25, 0.3) is 0 Å². The number of hydrogen-bond donors (Lipinski definition) is 1. The molecule has 21 heavy (non-hydrogen) atoms. The van der Waals surface area contributed by atoms with Gasteiger partial charge in [-0.05, 0) is 25.2 Å². The summed E-state index contributed by atoms with van der Waals surface area (Å²) in [6.45, 7) is 13.2. The average Bonchev–Trinajstić information content (AvgIpc) is 2.68. The molecule has 3 heteroatoms. The quantitative estimate of drug-likeness (QED) is 0.768. The van der Waals surface area contributed by atoms with Crippen LogP contribution in [0.1, 0.15) is 66.2 Å². The summed E-state index contributed by atoms with van der Waals surface area (Å²) in [5.41, 5.74) is 0.525. The van der Waals surface area contributed by atoms with Gasteiger partial charge in [0.2, 0.25) is 0 Å². The molecule has 0 aromatic rings. The fourth-order valence-electron chi connectivity index (χ4n) is 3.94. The Hall–Kier alpha value is 0.270. The molecule has 2 fully saturated rings. The van der Waals surface area contributed by atoms with E-state index in [1.165, 1.54) is 63.9 Å². The normalized spacial score (nSPS) is 31.3. The highest BCUT2D eigenvalue weighted by atomic mass is 32.2. The van der Waals surface area contributed by atoms with Crippen LogP contribution in [0.4, 0.5) is 0 Å². The van der Waals surface area contributed by atoms with Crippen LogP contribution in [0.15, 0.2) is 0 Å². The van der Waals surface area contributed by atoms with Crippen LogP contribution in [0.5, 0.6) is 0 Å². The van der Waals surface area contributed by atoms with Crippen molar-refractivity contribution in [3.63, 3.8) is 0 Å². The second-order valence-corrected chi connectivity index (χ2v) is 9.22. The first-order valence-electron chi connectivity index (χ1n) is 9.11. The van der Waals surface area contributed by atoms with E-state index in [1.54, 1.807) is 0 Å². The van der Waals surface area contributed by atoms with Gasteiger partial charge >= 0.3 is 0 Å². The number of nitrogens with one attached hydrogen (secondary N) is 1. The summed E-state index contributed by atoms with van der Waals surface area (Å²) in [5, 5.41) is 4.56. The molecule has 2 unspecified atom stereocenters. The predicted octanol–water partition coefficient (Wildman–Crippen LogP) is 4.15. The zero-order valence-electron chi connectivity index (χ0n) is 14.7. The second kappa shape index (κ2) is 8.21. The van der Waals surface area contributed by atoms with Gasteiger partial charge in [-0.25, -0.2) is 0 Å². The van der Waals surface area contributed by atoms with Crippen molar-refractivity contribution in [3.05, 3.63) is 0 Å². The van der Waals surface area contributed by atoms with Gasteiger partial charge in [0.1, 0.15) is 0 Å².